The Balaban J connectivity index is 1.81. The smallest absolute Gasteiger partial charge is 0.191 e. The summed E-state index contributed by atoms with van der Waals surface area (Å²) in [6, 6.07) is 8.50. The van der Waals surface area contributed by atoms with Gasteiger partial charge in [-0.1, -0.05) is 18.2 Å². The van der Waals surface area contributed by atoms with Crippen LogP contribution in [0.25, 0.3) is 0 Å². The molecule has 0 aliphatic rings. The molecule has 0 radical (unpaired) electrons. The van der Waals surface area contributed by atoms with Crippen molar-refractivity contribution in [1.29, 1.82) is 0 Å². The highest BCUT2D eigenvalue weighted by atomic mass is 32.1. The van der Waals surface area contributed by atoms with Crippen LogP contribution in [0.3, 0.4) is 0 Å². The standard InChI is InChI=1S/C18H27N5S/c1-5-23(16-9-7-6-8-14(16)2)11-10-20-18(19-4)22-13-17-21-12-15(3)24-17/h6-9,12H,5,10-11,13H2,1-4H3,(H2,19,20,22). The van der Waals surface area contributed by atoms with E-state index in [1.807, 2.05) is 6.20 Å². The number of aliphatic imine (C=N–C) groups is 1. The largest absolute Gasteiger partial charge is 0.370 e. The molecule has 0 amide bonds. The quantitative estimate of drug-likeness (QED) is 0.598. The van der Waals surface area contributed by atoms with Crippen LogP contribution in [-0.4, -0.2) is 37.6 Å². The lowest BCUT2D eigenvalue weighted by Gasteiger charge is -2.25. The van der Waals surface area contributed by atoms with Gasteiger partial charge in [-0.05, 0) is 32.4 Å². The average Bonchev–Trinajstić information content (AvgIpc) is 3.01. The van der Waals surface area contributed by atoms with Crippen molar-refractivity contribution in [3.8, 4) is 0 Å². The summed E-state index contributed by atoms with van der Waals surface area (Å²) in [7, 11) is 1.79. The first kappa shape index (κ1) is 18.3. The zero-order valence-corrected chi connectivity index (χ0v) is 15.8. The highest BCUT2D eigenvalue weighted by Crippen LogP contribution is 2.18. The molecule has 0 unspecified atom stereocenters. The topological polar surface area (TPSA) is 52.5 Å². The van der Waals surface area contributed by atoms with Crippen LogP contribution < -0.4 is 15.5 Å². The van der Waals surface area contributed by atoms with Crippen molar-refractivity contribution in [2.45, 2.75) is 27.3 Å². The molecule has 0 saturated heterocycles. The highest BCUT2D eigenvalue weighted by molar-refractivity contribution is 7.11. The van der Waals surface area contributed by atoms with Crippen LogP contribution in [0.1, 0.15) is 22.4 Å². The maximum Gasteiger partial charge on any atom is 0.191 e. The molecule has 0 aliphatic carbocycles. The molecule has 5 nitrogen and oxygen atoms in total. The van der Waals surface area contributed by atoms with E-state index in [9.17, 15) is 0 Å². The van der Waals surface area contributed by atoms with Crippen molar-refractivity contribution in [2.24, 2.45) is 4.99 Å². The summed E-state index contributed by atoms with van der Waals surface area (Å²) in [4.78, 5) is 12.2. The molecule has 2 N–H and O–H groups in total. The van der Waals surface area contributed by atoms with E-state index in [0.29, 0.717) is 6.54 Å². The molecule has 0 aliphatic heterocycles. The fourth-order valence-corrected chi connectivity index (χ4v) is 3.27. The Morgan fingerprint density at radius 2 is 2.04 bits per heavy atom. The Bertz CT molecular complexity index is 665. The minimum absolute atomic E-state index is 0.702. The van der Waals surface area contributed by atoms with Gasteiger partial charge in [-0.2, -0.15) is 0 Å². The second-order valence-corrected chi connectivity index (χ2v) is 6.90. The molecule has 0 fully saturated rings. The molecular formula is C18H27N5S. The number of benzene rings is 1. The van der Waals surface area contributed by atoms with Gasteiger partial charge in [0.1, 0.15) is 5.01 Å². The summed E-state index contributed by atoms with van der Waals surface area (Å²) in [5.41, 5.74) is 2.60. The molecule has 0 bridgehead atoms. The lowest BCUT2D eigenvalue weighted by molar-refractivity contribution is 0.747. The van der Waals surface area contributed by atoms with Crippen molar-refractivity contribution >= 4 is 23.0 Å². The first-order valence-electron chi connectivity index (χ1n) is 8.30. The second-order valence-electron chi connectivity index (χ2n) is 5.58. The normalized spacial score (nSPS) is 11.4. The van der Waals surface area contributed by atoms with Crippen molar-refractivity contribution < 1.29 is 0 Å². The van der Waals surface area contributed by atoms with Crippen LogP contribution in [0.15, 0.2) is 35.5 Å². The van der Waals surface area contributed by atoms with Gasteiger partial charge in [0.05, 0.1) is 6.54 Å². The van der Waals surface area contributed by atoms with Gasteiger partial charge in [0.25, 0.3) is 0 Å². The van der Waals surface area contributed by atoms with Crippen LogP contribution in [0.2, 0.25) is 0 Å². The summed E-state index contributed by atoms with van der Waals surface area (Å²) in [5.74, 6) is 0.809. The van der Waals surface area contributed by atoms with E-state index in [-0.39, 0.29) is 0 Å². The summed E-state index contributed by atoms with van der Waals surface area (Å²) in [6.07, 6.45) is 1.90. The zero-order chi connectivity index (χ0) is 17.4. The number of nitrogens with one attached hydrogen (secondary N) is 2. The Kier molecular flexibility index (Phi) is 7.06. The van der Waals surface area contributed by atoms with Crippen LogP contribution >= 0.6 is 11.3 Å². The minimum atomic E-state index is 0.702. The molecule has 2 rings (SSSR count). The fraction of sp³-hybridized carbons (Fsp3) is 0.444. The van der Waals surface area contributed by atoms with Crippen LogP contribution in [0.5, 0.6) is 0 Å². The first-order valence-corrected chi connectivity index (χ1v) is 9.12. The van der Waals surface area contributed by atoms with E-state index in [4.69, 9.17) is 0 Å². The lowest BCUT2D eigenvalue weighted by Crippen LogP contribution is -2.41. The van der Waals surface area contributed by atoms with Gasteiger partial charge in [-0.25, -0.2) is 4.98 Å². The van der Waals surface area contributed by atoms with Crippen LogP contribution in [0, 0.1) is 13.8 Å². The van der Waals surface area contributed by atoms with Gasteiger partial charge in [0.15, 0.2) is 5.96 Å². The summed E-state index contributed by atoms with van der Waals surface area (Å²) < 4.78 is 0. The molecule has 1 aromatic carbocycles. The number of likely N-dealkylation sites (N-methyl/N-ethyl adjacent to an activating group) is 1. The molecule has 6 heteroatoms. The average molecular weight is 346 g/mol. The maximum absolute atomic E-state index is 4.36. The number of hydrogen-bond acceptors (Lipinski definition) is 4. The predicted octanol–water partition coefficient (Wildman–Crippen LogP) is 2.95. The van der Waals surface area contributed by atoms with E-state index >= 15 is 0 Å². The maximum atomic E-state index is 4.36. The molecular weight excluding hydrogens is 318 g/mol. The third-order valence-corrected chi connectivity index (χ3v) is 4.72. The molecule has 1 heterocycles. The van der Waals surface area contributed by atoms with E-state index in [2.05, 4.69) is 70.5 Å². The van der Waals surface area contributed by atoms with E-state index in [0.717, 1.165) is 30.6 Å². The molecule has 0 atom stereocenters. The van der Waals surface area contributed by atoms with E-state index in [1.165, 1.54) is 16.1 Å². The zero-order valence-electron chi connectivity index (χ0n) is 15.0. The van der Waals surface area contributed by atoms with Gasteiger partial charge in [0.2, 0.25) is 0 Å². The number of anilines is 1. The predicted molar refractivity (Wildman–Crippen MR) is 104 cm³/mol. The Labute approximate surface area is 148 Å². The monoisotopic (exact) mass is 345 g/mol. The van der Waals surface area contributed by atoms with Gasteiger partial charge >= 0.3 is 0 Å². The number of aromatic nitrogens is 1. The van der Waals surface area contributed by atoms with E-state index < -0.39 is 0 Å². The van der Waals surface area contributed by atoms with Gasteiger partial charge in [-0.3, -0.25) is 4.99 Å². The summed E-state index contributed by atoms with van der Waals surface area (Å²) >= 11 is 1.71. The minimum Gasteiger partial charge on any atom is -0.370 e. The molecule has 0 spiro atoms. The summed E-state index contributed by atoms with van der Waals surface area (Å²) in [6.45, 7) is 9.85. The summed E-state index contributed by atoms with van der Waals surface area (Å²) in [5, 5.41) is 7.76. The van der Waals surface area contributed by atoms with Gasteiger partial charge in [0, 0.05) is 43.4 Å². The number of hydrogen-bond donors (Lipinski definition) is 2. The van der Waals surface area contributed by atoms with Crippen LogP contribution in [0.4, 0.5) is 5.69 Å². The van der Waals surface area contributed by atoms with Crippen molar-refractivity contribution in [3.05, 3.63) is 45.9 Å². The molecule has 2 aromatic rings. The van der Waals surface area contributed by atoms with Crippen molar-refractivity contribution in [3.63, 3.8) is 0 Å². The number of para-hydroxylation sites is 1. The Hall–Kier alpha value is -2.08. The molecule has 24 heavy (non-hydrogen) atoms. The number of rotatable bonds is 7. The Morgan fingerprint density at radius 3 is 2.67 bits per heavy atom. The molecule has 1 aromatic heterocycles. The SMILES string of the molecule is CCN(CCNC(=NC)NCc1ncc(C)s1)c1ccccc1C. The lowest BCUT2D eigenvalue weighted by atomic mass is 10.2. The third kappa shape index (κ3) is 5.23. The van der Waals surface area contributed by atoms with Gasteiger partial charge in [-0.15, -0.1) is 11.3 Å². The number of guanidine groups is 1. The van der Waals surface area contributed by atoms with Crippen LogP contribution in [-0.2, 0) is 6.54 Å². The molecule has 130 valence electrons. The third-order valence-electron chi connectivity index (χ3n) is 3.81. The molecule has 0 saturated carbocycles. The fourth-order valence-electron chi connectivity index (χ4n) is 2.54. The van der Waals surface area contributed by atoms with Crippen molar-refractivity contribution in [2.75, 3.05) is 31.6 Å². The van der Waals surface area contributed by atoms with Crippen molar-refractivity contribution in [1.82, 2.24) is 15.6 Å². The first-order chi connectivity index (χ1) is 11.6. The second kappa shape index (κ2) is 9.27. The number of aryl methyl sites for hydroxylation is 2. The highest BCUT2D eigenvalue weighted by Gasteiger charge is 2.07. The van der Waals surface area contributed by atoms with E-state index in [1.54, 1.807) is 18.4 Å². The number of nitrogens with zero attached hydrogens (tertiary/aromatic N) is 3. The Morgan fingerprint density at radius 1 is 1.25 bits per heavy atom. The number of thiazole rings is 1. The van der Waals surface area contributed by atoms with Gasteiger partial charge < -0.3 is 15.5 Å².